The van der Waals surface area contributed by atoms with E-state index in [2.05, 4.69) is 9.88 Å². The van der Waals surface area contributed by atoms with Crippen LogP contribution in [-0.2, 0) is 0 Å². The molecular formula is C15H19ClN2O2. The van der Waals surface area contributed by atoms with Gasteiger partial charge in [0.15, 0.2) is 0 Å². The minimum atomic E-state index is -0.991. The van der Waals surface area contributed by atoms with E-state index < -0.39 is 5.97 Å². The first-order valence-electron chi connectivity index (χ1n) is 7.23. The molecule has 108 valence electrons. The van der Waals surface area contributed by atoms with Crippen molar-refractivity contribution in [2.75, 3.05) is 18.0 Å². The zero-order valence-corrected chi connectivity index (χ0v) is 12.2. The fraction of sp³-hybridized carbons (Fsp3) is 0.600. The molecule has 2 heterocycles. The van der Waals surface area contributed by atoms with Crippen molar-refractivity contribution in [3.05, 3.63) is 22.8 Å². The number of carboxylic acids is 1. The van der Waals surface area contributed by atoms with E-state index in [9.17, 15) is 4.79 Å². The molecule has 20 heavy (non-hydrogen) atoms. The minimum Gasteiger partial charge on any atom is -0.478 e. The van der Waals surface area contributed by atoms with Crippen molar-refractivity contribution in [2.45, 2.75) is 38.5 Å². The molecule has 4 nitrogen and oxygen atoms in total. The van der Waals surface area contributed by atoms with Crippen molar-refractivity contribution < 1.29 is 9.90 Å². The van der Waals surface area contributed by atoms with Gasteiger partial charge in [-0.3, -0.25) is 0 Å². The van der Waals surface area contributed by atoms with E-state index in [0.29, 0.717) is 10.4 Å². The normalized spacial score (nSPS) is 21.4. The molecule has 1 aromatic rings. The van der Waals surface area contributed by atoms with Crippen LogP contribution in [0.2, 0.25) is 5.02 Å². The van der Waals surface area contributed by atoms with Crippen LogP contribution in [0.3, 0.4) is 0 Å². The van der Waals surface area contributed by atoms with Crippen LogP contribution in [0.5, 0.6) is 0 Å². The molecule has 3 rings (SSSR count). The summed E-state index contributed by atoms with van der Waals surface area (Å²) < 4.78 is 0. The Balaban J connectivity index is 1.73. The first-order valence-corrected chi connectivity index (χ1v) is 7.61. The van der Waals surface area contributed by atoms with E-state index in [1.54, 1.807) is 0 Å². The van der Waals surface area contributed by atoms with E-state index in [0.717, 1.165) is 18.9 Å². The number of hydrogen-bond acceptors (Lipinski definition) is 3. The maximum Gasteiger partial charge on any atom is 0.337 e. The van der Waals surface area contributed by atoms with Crippen LogP contribution in [0.1, 0.15) is 48.9 Å². The largest absolute Gasteiger partial charge is 0.478 e. The van der Waals surface area contributed by atoms with Crippen LogP contribution < -0.4 is 4.90 Å². The Morgan fingerprint density at radius 2 is 1.90 bits per heavy atom. The lowest BCUT2D eigenvalue weighted by molar-refractivity contribution is 0.0696. The van der Waals surface area contributed by atoms with Gasteiger partial charge < -0.3 is 10.0 Å². The van der Waals surface area contributed by atoms with Crippen LogP contribution in [0, 0.1) is 5.41 Å². The van der Waals surface area contributed by atoms with E-state index in [4.69, 9.17) is 16.7 Å². The van der Waals surface area contributed by atoms with Gasteiger partial charge in [-0.15, -0.1) is 0 Å². The maximum atomic E-state index is 10.9. The van der Waals surface area contributed by atoms with Crippen LogP contribution in [-0.4, -0.2) is 29.1 Å². The van der Waals surface area contributed by atoms with Crippen molar-refractivity contribution in [1.82, 2.24) is 4.98 Å². The predicted molar refractivity (Wildman–Crippen MR) is 78.6 cm³/mol. The third-order valence-electron chi connectivity index (χ3n) is 4.86. The molecule has 0 amide bonds. The predicted octanol–water partition coefficient (Wildman–Crippen LogP) is 3.59. The summed E-state index contributed by atoms with van der Waals surface area (Å²) in [5, 5.41) is 9.37. The van der Waals surface area contributed by atoms with Crippen LogP contribution in [0.4, 0.5) is 5.82 Å². The third-order valence-corrected chi connectivity index (χ3v) is 5.13. The molecule has 0 unspecified atom stereocenters. The van der Waals surface area contributed by atoms with E-state index in [-0.39, 0.29) is 5.56 Å². The number of aromatic nitrogens is 1. The summed E-state index contributed by atoms with van der Waals surface area (Å²) in [5.74, 6) is -0.265. The summed E-state index contributed by atoms with van der Waals surface area (Å²) in [5.41, 5.74) is 0.701. The SMILES string of the molecule is O=C(O)c1cnc(N2CCC3(CCCC3)CC2)c(Cl)c1. The Hall–Kier alpha value is -1.29. The molecule has 0 atom stereocenters. The average Bonchev–Trinajstić information content (AvgIpc) is 2.88. The van der Waals surface area contributed by atoms with E-state index >= 15 is 0 Å². The van der Waals surface area contributed by atoms with Crippen LogP contribution >= 0.6 is 11.6 Å². The highest BCUT2D eigenvalue weighted by Crippen LogP contribution is 2.46. The zero-order chi connectivity index (χ0) is 14.2. The standard InChI is InChI=1S/C15H19ClN2O2/c16-12-9-11(14(19)20)10-17-13(12)18-7-5-15(6-8-18)3-1-2-4-15/h9-10H,1-8H2,(H,19,20). The molecule has 2 fully saturated rings. The molecule has 1 N–H and O–H groups in total. The summed E-state index contributed by atoms with van der Waals surface area (Å²) in [6.07, 6.45) is 9.25. The molecule has 1 aliphatic heterocycles. The summed E-state index contributed by atoms with van der Waals surface area (Å²) in [6, 6.07) is 1.49. The second kappa shape index (κ2) is 5.24. The van der Waals surface area contributed by atoms with Gasteiger partial charge >= 0.3 is 5.97 Å². The Morgan fingerprint density at radius 3 is 2.45 bits per heavy atom. The second-order valence-corrected chi connectivity index (χ2v) is 6.44. The number of hydrogen-bond donors (Lipinski definition) is 1. The molecule has 1 aliphatic carbocycles. The average molecular weight is 295 g/mol. The van der Waals surface area contributed by atoms with Crippen LogP contribution in [0.25, 0.3) is 0 Å². The lowest BCUT2D eigenvalue weighted by atomic mass is 9.77. The molecule has 0 aromatic carbocycles. The van der Waals surface area contributed by atoms with Gasteiger partial charge in [-0.25, -0.2) is 9.78 Å². The Kier molecular flexibility index (Phi) is 3.59. The van der Waals surface area contributed by atoms with E-state index in [1.165, 1.54) is 50.8 Å². The second-order valence-electron chi connectivity index (χ2n) is 6.03. The van der Waals surface area contributed by atoms with Crippen molar-refractivity contribution in [3.63, 3.8) is 0 Å². The van der Waals surface area contributed by atoms with Crippen molar-refractivity contribution in [2.24, 2.45) is 5.41 Å². The fourth-order valence-corrected chi connectivity index (χ4v) is 3.88. The monoisotopic (exact) mass is 294 g/mol. The molecule has 1 saturated carbocycles. The third kappa shape index (κ3) is 2.49. The number of carboxylic acid groups (broad SMARTS) is 1. The highest BCUT2D eigenvalue weighted by atomic mass is 35.5. The van der Waals surface area contributed by atoms with Crippen molar-refractivity contribution in [1.29, 1.82) is 0 Å². The molecule has 1 spiro atoms. The molecule has 1 saturated heterocycles. The number of pyridine rings is 1. The summed E-state index contributed by atoms with van der Waals surface area (Å²) >= 11 is 6.19. The topological polar surface area (TPSA) is 53.4 Å². The van der Waals surface area contributed by atoms with Crippen LogP contribution in [0.15, 0.2) is 12.3 Å². The lowest BCUT2D eigenvalue weighted by Crippen LogP contribution is -2.39. The van der Waals surface area contributed by atoms with Gasteiger partial charge in [0, 0.05) is 19.3 Å². The first-order chi connectivity index (χ1) is 9.60. The van der Waals surface area contributed by atoms with Crippen molar-refractivity contribution in [3.8, 4) is 0 Å². The Morgan fingerprint density at radius 1 is 1.25 bits per heavy atom. The zero-order valence-electron chi connectivity index (χ0n) is 11.4. The number of carbonyl (C=O) groups is 1. The number of aromatic carboxylic acids is 1. The highest BCUT2D eigenvalue weighted by Gasteiger charge is 2.37. The number of rotatable bonds is 2. The molecule has 0 radical (unpaired) electrons. The Bertz CT molecular complexity index is 517. The number of anilines is 1. The molecule has 0 bridgehead atoms. The van der Waals surface area contributed by atoms with Gasteiger partial charge in [0.25, 0.3) is 0 Å². The minimum absolute atomic E-state index is 0.142. The number of halogens is 1. The lowest BCUT2D eigenvalue weighted by Gasteiger charge is -2.40. The quantitative estimate of drug-likeness (QED) is 0.905. The molecular weight excluding hydrogens is 276 g/mol. The molecule has 1 aromatic heterocycles. The smallest absolute Gasteiger partial charge is 0.337 e. The first kappa shape index (κ1) is 13.7. The summed E-state index contributed by atoms with van der Waals surface area (Å²) in [7, 11) is 0. The van der Waals surface area contributed by atoms with E-state index in [1.807, 2.05) is 0 Å². The Labute approximate surface area is 123 Å². The summed E-state index contributed by atoms with van der Waals surface area (Å²) in [4.78, 5) is 17.3. The number of nitrogens with zero attached hydrogens (tertiary/aromatic N) is 2. The van der Waals surface area contributed by atoms with Crippen molar-refractivity contribution >= 4 is 23.4 Å². The fourth-order valence-electron chi connectivity index (χ4n) is 3.60. The van der Waals surface area contributed by atoms with Gasteiger partial charge in [0.05, 0.1) is 10.6 Å². The molecule has 2 aliphatic rings. The maximum absolute atomic E-state index is 10.9. The number of piperidine rings is 1. The van der Waals surface area contributed by atoms with Gasteiger partial charge in [-0.05, 0) is 37.2 Å². The van der Waals surface area contributed by atoms with Gasteiger partial charge in [-0.1, -0.05) is 24.4 Å². The highest BCUT2D eigenvalue weighted by molar-refractivity contribution is 6.33. The van der Waals surface area contributed by atoms with Gasteiger partial charge in [-0.2, -0.15) is 0 Å². The molecule has 5 heteroatoms. The van der Waals surface area contributed by atoms with Gasteiger partial charge in [0.2, 0.25) is 0 Å². The summed E-state index contributed by atoms with van der Waals surface area (Å²) in [6.45, 7) is 1.94. The van der Waals surface area contributed by atoms with Gasteiger partial charge in [0.1, 0.15) is 5.82 Å².